The highest BCUT2D eigenvalue weighted by atomic mass is 32.1. The molecule has 0 spiro atoms. The number of aliphatic hydroxyl groups excluding tert-OH is 1. The van der Waals surface area contributed by atoms with Gasteiger partial charge in [0, 0.05) is 47.7 Å². The minimum absolute atomic E-state index is 0.206. The maximum atomic E-state index is 12.8. The third-order valence-electron chi connectivity index (χ3n) is 5.42. The van der Waals surface area contributed by atoms with Crippen molar-refractivity contribution in [1.82, 2.24) is 9.88 Å². The first-order valence-electron chi connectivity index (χ1n) is 10.0. The third kappa shape index (κ3) is 5.11. The van der Waals surface area contributed by atoms with Crippen LogP contribution in [0.15, 0.2) is 42.6 Å². The Balaban J connectivity index is 1.46. The number of nitrogens with one attached hydrogen (secondary N) is 1. The second-order valence-corrected chi connectivity index (χ2v) is 8.84. The monoisotopic (exact) mass is 435 g/mol. The van der Waals surface area contributed by atoms with Gasteiger partial charge in [-0.25, -0.2) is 4.98 Å². The standard InChI is InChI=1S/C22H24F3N3OS/c23-22(24,25)11-18-10-19-20(16(14-29)12-26-21(19)30-18)27-17-6-8-28(9-7-17)13-15-4-2-1-3-5-15/h1-5,10,12,17,29H,6-9,11,13-14H2,(H,26,27). The first kappa shape index (κ1) is 21.1. The lowest BCUT2D eigenvalue weighted by atomic mass is 10.0. The van der Waals surface area contributed by atoms with E-state index in [2.05, 4.69) is 27.3 Å². The van der Waals surface area contributed by atoms with E-state index in [0.29, 0.717) is 21.5 Å². The van der Waals surface area contributed by atoms with Gasteiger partial charge in [-0.3, -0.25) is 4.90 Å². The van der Waals surface area contributed by atoms with E-state index in [-0.39, 0.29) is 17.5 Å². The Morgan fingerprint density at radius 1 is 1.17 bits per heavy atom. The van der Waals surface area contributed by atoms with E-state index >= 15 is 0 Å². The van der Waals surface area contributed by atoms with Crippen molar-refractivity contribution in [2.45, 2.75) is 44.6 Å². The molecule has 0 bridgehead atoms. The van der Waals surface area contributed by atoms with Crippen LogP contribution < -0.4 is 5.32 Å². The second-order valence-electron chi connectivity index (χ2n) is 7.72. The summed E-state index contributed by atoms with van der Waals surface area (Å²) in [6.45, 7) is 2.60. The van der Waals surface area contributed by atoms with Crippen LogP contribution in [-0.4, -0.2) is 40.3 Å². The van der Waals surface area contributed by atoms with Gasteiger partial charge in [0.05, 0.1) is 18.7 Å². The summed E-state index contributed by atoms with van der Waals surface area (Å²) in [5.41, 5.74) is 2.62. The highest BCUT2D eigenvalue weighted by Crippen LogP contribution is 2.36. The summed E-state index contributed by atoms with van der Waals surface area (Å²) in [5, 5.41) is 13.9. The van der Waals surface area contributed by atoms with E-state index in [4.69, 9.17) is 0 Å². The molecule has 2 N–H and O–H groups in total. The number of benzene rings is 1. The Bertz CT molecular complexity index is 982. The normalized spacial score (nSPS) is 16.3. The molecule has 1 aliphatic heterocycles. The molecule has 0 radical (unpaired) electrons. The zero-order valence-electron chi connectivity index (χ0n) is 16.5. The highest BCUT2D eigenvalue weighted by molar-refractivity contribution is 7.18. The largest absolute Gasteiger partial charge is 0.393 e. The third-order valence-corrected chi connectivity index (χ3v) is 6.46. The number of halogens is 3. The van der Waals surface area contributed by atoms with Crippen molar-refractivity contribution >= 4 is 27.2 Å². The molecule has 0 unspecified atom stereocenters. The van der Waals surface area contributed by atoms with Gasteiger partial charge in [0.1, 0.15) is 4.83 Å². The lowest BCUT2D eigenvalue weighted by Gasteiger charge is -2.33. The van der Waals surface area contributed by atoms with Crippen LogP contribution in [0, 0.1) is 0 Å². The predicted molar refractivity (Wildman–Crippen MR) is 114 cm³/mol. The van der Waals surface area contributed by atoms with Gasteiger partial charge in [-0.05, 0) is 24.5 Å². The van der Waals surface area contributed by atoms with Crippen molar-refractivity contribution in [3.05, 3.63) is 58.6 Å². The molecule has 1 aliphatic rings. The maximum absolute atomic E-state index is 12.8. The summed E-state index contributed by atoms with van der Waals surface area (Å²) >= 11 is 1.06. The zero-order valence-corrected chi connectivity index (χ0v) is 17.3. The topological polar surface area (TPSA) is 48.4 Å². The average Bonchev–Trinajstić information content (AvgIpc) is 3.11. The zero-order chi connectivity index (χ0) is 21.1. The number of likely N-dealkylation sites (tertiary alicyclic amines) is 1. The summed E-state index contributed by atoms with van der Waals surface area (Å²) in [7, 11) is 0. The van der Waals surface area contributed by atoms with Gasteiger partial charge < -0.3 is 10.4 Å². The second kappa shape index (κ2) is 8.91. The Morgan fingerprint density at radius 2 is 1.90 bits per heavy atom. The van der Waals surface area contributed by atoms with Crippen molar-refractivity contribution in [3.8, 4) is 0 Å². The molecule has 160 valence electrons. The first-order chi connectivity index (χ1) is 14.4. The predicted octanol–water partition coefficient (Wildman–Crippen LogP) is 4.97. The van der Waals surface area contributed by atoms with E-state index in [0.717, 1.165) is 43.8 Å². The van der Waals surface area contributed by atoms with Gasteiger partial charge in [0.2, 0.25) is 0 Å². The summed E-state index contributed by atoms with van der Waals surface area (Å²) < 4.78 is 38.4. The van der Waals surface area contributed by atoms with Crippen LogP contribution >= 0.6 is 11.3 Å². The molecule has 0 saturated carbocycles. The Labute approximate surface area is 177 Å². The molecular formula is C22H24F3N3OS. The first-order valence-corrected chi connectivity index (χ1v) is 10.8. The average molecular weight is 436 g/mol. The SMILES string of the molecule is OCc1cnc2sc(CC(F)(F)F)cc2c1NC1CCN(Cc2ccccc2)CC1. The number of fused-ring (bicyclic) bond motifs is 1. The molecule has 2 aromatic heterocycles. The number of aliphatic hydroxyl groups is 1. The lowest BCUT2D eigenvalue weighted by Crippen LogP contribution is -2.38. The van der Waals surface area contributed by atoms with Gasteiger partial charge in [-0.1, -0.05) is 30.3 Å². The molecule has 3 aromatic rings. The minimum Gasteiger partial charge on any atom is -0.392 e. The van der Waals surface area contributed by atoms with E-state index in [9.17, 15) is 18.3 Å². The molecule has 0 aliphatic carbocycles. The van der Waals surface area contributed by atoms with Crippen molar-refractivity contribution in [3.63, 3.8) is 0 Å². The number of anilines is 1. The molecule has 1 aromatic carbocycles. The summed E-state index contributed by atoms with van der Waals surface area (Å²) in [6, 6.07) is 12.1. The fraction of sp³-hybridized carbons (Fsp3) is 0.409. The van der Waals surface area contributed by atoms with Gasteiger partial charge in [0.15, 0.2) is 0 Å². The highest BCUT2D eigenvalue weighted by Gasteiger charge is 2.29. The Kier molecular flexibility index (Phi) is 6.26. The molecule has 1 fully saturated rings. The number of nitrogens with zero attached hydrogens (tertiary/aromatic N) is 2. The van der Waals surface area contributed by atoms with E-state index in [1.165, 1.54) is 5.56 Å². The van der Waals surface area contributed by atoms with E-state index < -0.39 is 12.6 Å². The Morgan fingerprint density at radius 3 is 2.57 bits per heavy atom. The molecule has 4 nitrogen and oxygen atoms in total. The minimum atomic E-state index is -4.25. The van der Waals surface area contributed by atoms with Gasteiger partial charge >= 0.3 is 6.18 Å². The summed E-state index contributed by atoms with van der Waals surface area (Å²) in [6.07, 6.45) is -1.79. The number of hydrogen-bond donors (Lipinski definition) is 2. The number of hydrogen-bond acceptors (Lipinski definition) is 5. The Hall–Kier alpha value is -2.16. The van der Waals surface area contributed by atoms with Gasteiger partial charge in [-0.15, -0.1) is 11.3 Å². The molecular weight excluding hydrogens is 411 g/mol. The smallest absolute Gasteiger partial charge is 0.392 e. The van der Waals surface area contributed by atoms with E-state index in [1.807, 2.05) is 18.2 Å². The quantitative estimate of drug-likeness (QED) is 0.574. The lowest BCUT2D eigenvalue weighted by molar-refractivity contribution is -0.126. The van der Waals surface area contributed by atoms with E-state index in [1.54, 1.807) is 12.3 Å². The fourth-order valence-corrected chi connectivity index (χ4v) is 4.97. The number of thiophene rings is 1. The van der Waals surface area contributed by atoms with Crippen LogP contribution in [0.1, 0.15) is 28.8 Å². The molecule has 8 heteroatoms. The molecule has 4 rings (SSSR count). The molecule has 0 atom stereocenters. The number of aromatic nitrogens is 1. The van der Waals surface area contributed by atoms with Crippen molar-refractivity contribution < 1.29 is 18.3 Å². The van der Waals surface area contributed by atoms with Crippen LogP contribution in [0.5, 0.6) is 0 Å². The summed E-state index contributed by atoms with van der Waals surface area (Å²) in [4.78, 5) is 7.47. The molecule has 1 saturated heterocycles. The molecule has 0 amide bonds. The van der Waals surface area contributed by atoms with Crippen LogP contribution in [0.4, 0.5) is 18.9 Å². The van der Waals surface area contributed by atoms with Crippen LogP contribution in [0.2, 0.25) is 0 Å². The number of pyridine rings is 1. The molecule has 30 heavy (non-hydrogen) atoms. The van der Waals surface area contributed by atoms with Gasteiger partial charge in [0.25, 0.3) is 0 Å². The van der Waals surface area contributed by atoms with Crippen molar-refractivity contribution in [2.24, 2.45) is 0 Å². The van der Waals surface area contributed by atoms with Crippen LogP contribution in [-0.2, 0) is 19.6 Å². The number of alkyl halides is 3. The van der Waals surface area contributed by atoms with Crippen LogP contribution in [0.25, 0.3) is 10.2 Å². The van der Waals surface area contributed by atoms with Crippen LogP contribution in [0.3, 0.4) is 0 Å². The number of rotatable bonds is 6. The number of piperidine rings is 1. The maximum Gasteiger partial charge on any atom is 0.393 e. The van der Waals surface area contributed by atoms with Crippen molar-refractivity contribution in [2.75, 3.05) is 18.4 Å². The van der Waals surface area contributed by atoms with Crippen molar-refractivity contribution in [1.29, 1.82) is 0 Å². The fourth-order valence-electron chi connectivity index (χ4n) is 3.94. The summed E-state index contributed by atoms with van der Waals surface area (Å²) in [5.74, 6) is 0. The molecule has 3 heterocycles. The van der Waals surface area contributed by atoms with Gasteiger partial charge in [-0.2, -0.15) is 13.2 Å².